The van der Waals surface area contributed by atoms with E-state index in [0.717, 1.165) is 22.7 Å². The summed E-state index contributed by atoms with van der Waals surface area (Å²) in [7, 11) is 1.64. The first-order valence-corrected chi connectivity index (χ1v) is 6.75. The summed E-state index contributed by atoms with van der Waals surface area (Å²) < 4.78 is 6.97. The summed E-state index contributed by atoms with van der Waals surface area (Å²) in [6, 6.07) is 17.7. The highest BCUT2D eigenvalue weighted by Gasteiger charge is 2.10. The van der Waals surface area contributed by atoms with Gasteiger partial charge in [0.2, 0.25) is 0 Å². The van der Waals surface area contributed by atoms with E-state index in [0.29, 0.717) is 5.82 Å². The van der Waals surface area contributed by atoms with Gasteiger partial charge in [0.1, 0.15) is 11.6 Å². The maximum absolute atomic E-state index is 6.11. The van der Waals surface area contributed by atoms with Gasteiger partial charge >= 0.3 is 0 Å². The first-order chi connectivity index (χ1) is 10.2. The van der Waals surface area contributed by atoms with Crippen molar-refractivity contribution in [3.8, 4) is 22.7 Å². The maximum atomic E-state index is 6.11. The number of anilines is 1. The number of ether oxygens (including phenoxy) is 1. The number of methoxy groups -OCH3 is 1. The van der Waals surface area contributed by atoms with Gasteiger partial charge in [-0.15, -0.1) is 0 Å². The predicted molar refractivity (Wildman–Crippen MR) is 84.7 cm³/mol. The Hall–Kier alpha value is -2.75. The highest BCUT2D eigenvalue weighted by molar-refractivity contribution is 5.66. The smallest absolute Gasteiger partial charge is 0.127 e. The molecule has 3 rings (SSSR count). The third-order valence-electron chi connectivity index (χ3n) is 3.46. The highest BCUT2D eigenvalue weighted by Crippen LogP contribution is 2.26. The van der Waals surface area contributed by atoms with E-state index in [1.165, 1.54) is 5.56 Å². The molecule has 0 aliphatic carbocycles. The molecule has 0 saturated carbocycles. The number of benzene rings is 2. The third-order valence-corrected chi connectivity index (χ3v) is 3.46. The predicted octanol–water partition coefficient (Wildman–Crippen LogP) is 3.44. The molecule has 1 aromatic heterocycles. The van der Waals surface area contributed by atoms with E-state index < -0.39 is 0 Å². The van der Waals surface area contributed by atoms with Crippen LogP contribution in [0.25, 0.3) is 16.9 Å². The lowest BCUT2D eigenvalue weighted by atomic mass is 10.1. The summed E-state index contributed by atoms with van der Waals surface area (Å²) in [6.07, 6.45) is 0. The zero-order chi connectivity index (χ0) is 14.8. The van der Waals surface area contributed by atoms with Crippen molar-refractivity contribution >= 4 is 5.82 Å². The molecule has 0 aliphatic rings. The van der Waals surface area contributed by atoms with Gasteiger partial charge in [0.15, 0.2) is 0 Å². The van der Waals surface area contributed by atoms with Crippen LogP contribution in [0.2, 0.25) is 0 Å². The summed E-state index contributed by atoms with van der Waals surface area (Å²) in [5.41, 5.74) is 10.1. The summed E-state index contributed by atoms with van der Waals surface area (Å²) in [5.74, 6) is 1.38. The minimum absolute atomic E-state index is 0.599. The molecule has 0 bridgehead atoms. The largest absolute Gasteiger partial charge is 0.497 e. The molecule has 4 heteroatoms. The molecule has 1 heterocycles. The van der Waals surface area contributed by atoms with Gasteiger partial charge in [-0.2, -0.15) is 5.10 Å². The molecule has 0 radical (unpaired) electrons. The second kappa shape index (κ2) is 5.32. The molecule has 4 nitrogen and oxygen atoms in total. The highest BCUT2D eigenvalue weighted by atomic mass is 16.5. The molecule has 0 atom stereocenters. The third kappa shape index (κ3) is 2.48. The number of aryl methyl sites for hydroxylation is 1. The monoisotopic (exact) mass is 279 g/mol. The minimum atomic E-state index is 0.599. The van der Waals surface area contributed by atoms with Crippen LogP contribution in [-0.4, -0.2) is 16.9 Å². The van der Waals surface area contributed by atoms with Crippen molar-refractivity contribution in [2.45, 2.75) is 6.92 Å². The van der Waals surface area contributed by atoms with Crippen LogP contribution in [0.5, 0.6) is 5.75 Å². The fourth-order valence-electron chi connectivity index (χ4n) is 2.34. The van der Waals surface area contributed by atoms with Crippen LogP contribution >= 0.6 is 0 Å². The van der Waals surface area contributed by atoms with E-state index in [1.807, 2.05) is 48.5 Å². The van der Waals surface area contributed by atoms with Gasteiger partial charge in [-0.25, -0.2) is 4.68 Å². The lowest BCUT2D eigenvalue weighted by Gasteiger charge is -2.06. The Balaban J connectivity index is 2.08. The molecule has 21 heavy (non-hydrogen) atoms. The topological polar surface area (TPSA) is 53.1 Å². The zero-order valence-corrected chi connectivity index (χ0v) is 12.1. The normalized spacial score (nSPS) is 10.6. The van der Waals surface area contributed by atoms with Crippen LogP contribution in [0, 0.1) is 6.92 Å². The van der Waals surface area contributed by atoms with Gasteiger partial charge in [-0.1, -0.05) is 30.3 Å². The van der Waals surface area contributed by atoms with Crippen LogP contribution in [-0.2, 0) is 0 Å². The van der Waals surface area contributed by atoms with Crippen LogP contribution in [0.15, 0.2) is 54.6 Å². The fraction of sp³-hybridized carbons (Fsp3) is 0.118. The molecule has 2 N–H and O–H groups in total. The summed E-state index contributed by atoms with van der Waals surface area (Å²) >= 11 is 0. The van der Waals surface area contributed by atoms with Gasteiger partial charge in [-0.3, -0.25) is 0 Å². The molecule has 0 amide bonds. The Morgan fingerprint density at radius 3 is 2.62 bits per heavy atom. The van der Waals surface area contributed by atoms with Crippen LogP contribution in [0.4, 0.5) is 5.82 Å². The molecule has 2 aromatic carbocycles. The van der Waals surface area contributed by atoms with Crippen molar-refractivity contribution in [3.63, 3.8) is 0 Å². The minimum Gasteiger partial charge on any atom is -0.497 e. The summed E-state index contributed by atoms with van der Waals surface area (Å²) in [4.78, 5) is 0. The number of nitrogens with zero attached hydrogens (tertiary/aromatic N) is 2. The second-order valence-corrected chi connectivity index (χ2v) is 4.88. The van der Waals surface area contributed by atoms with Crippen molar-refractivity contribution < 1.29 is 4.74 Å². The standard InChI is InChI=1S/C17H17N3O/c1-12-6-3-4-9-15(12)16-11-17(18)20(19-16)13-7-5-8-14(10-13)21-2/h3-11H,18H2,1-2H3. The van der Waals surface area contributed by atoms with E-state index in [4.69, 9.17) is 10.5 Å². The van der Waals surface area contributed by atoms with E-state index in [1.54, 1.807) is 11.8 Å². The van der Waals surface area contributed by atoms with Gasteiger partial charge in [0.05, 0.1) is 18.5 Å². The number of aromatic nitrogens is 2. The Morgan fingerprint density at radius 2 is 1.86 bits per heavy atom. The first-order valence-electron chi connectivity index (χ1n) is 6.75. The maximum Gasteiger partial charge on any atom is 0.127 e. The average molecular weight is 279 g/mol. The Labute approximate surface area is 123 Å². The number of nitrogens with two attached hydrogens (primary N) is 1. The SMILES string of the molecule is COc1cccc(-n2nc(-c3ccccc3C)cc2N)c1. The molecule has 0 fully saturated rings. The molecule has 0 saturated heterocycles. The summed E-state index contributed by atoms with van der Waals surface area (Å²) in [5, 5.41) is 4.62. The van der Waals surface area contributed by atoms with Gasteiger partial charge in [-0.05, 0) is 24.6 Å². The Morgan fingerprint density at radius 1 is 1.05 bits per heavy atom. The van der Waals surface area contributed by atoms with E-state index in [9.17, 15) is 0 Å². The van der Waals surface area contributed by atoms with Crippen molar-refractivity contribution in [2.24, 2.45) is 0 Å². The van der Waals surface area contributed by atoms with E-state index >= 15 is 0 Å². The number of hydrogen-bond donors (Lipinski definition) is 1. The molecule has 0 aliphatic heterocycles. The molecular formula is C17H17N3O. The summed E-state index contributed by atoms with van der Waals surface area (Å²) in [6.45, 7) is 2.07. The molecule has 0 spiro atoms. The van der Waals surface area contributed by atoms with Gasteiger partial charge < -0.3 is 10.5 Å². The second-order valence-electron chi connectivity index (χ2n) is 4.88. The zero-order valence-electron chi connectivity index (χ0n) is 12.1. The molecule has 3 aromatic rings. The van der Waals surface area contributed by atoms with Crippen molar-refractivity contribution in [1.29, 1.82) is 0 Å². The van der Waals surface area contributed by atoms with E-state index in [-0.39, 0.29) is 0 Å². The van der Waals surface area contributed by atoms with Gasteiger partial charge in [0, 0.05) is 17.7 Å². The number of hydrogen-bond acceptors (Lipinski definition) is 3. The lowest BCUT2D eigenvalue weighted by molar-refractivity contribution is 0.414. The Bertz CT molecular complexity index is 777. The van der Waals surface area contributed by atoms with Crippen molar-refractivity contribution in [1.82, 2.24) is 9.78 Å². The molecule has 106 valence electrons. The quantitative estimate of drug-likeness (QED) is 0.799. The van der Waals surface area contributed by atoms with Crippen LogP contribution in [0.1, 0.15) is 5.56 Å². The average Bonchev–Trinajstić information content (AvgIpc) is 2.89. The van der Waals surface area contributed by atoms with E-state index in [2.05, 4.69) is 18.1 Å². The first kappa shape index (κ1) is 13.2. The Kier molecular flexibility index (Phi) is 3.36. The van der Waals surface area contributed by atoms with Gasteiger partial charge in [0.25, 0.3) is 0 Å². The van der Waals surface area contributed by atoms with Crippen molar-refractivity contribution in [2.75, 3.05) is 12.8 Å². The number of rotatable bonds is 3. The van der Waals surface area contributed by atoms with Crippen LogP contribution in [0.3, 0.4) is 0 Å². The van der Waals surface area contributed by atoms with Crippen molar-refractivity contribution in [3.05, 3.63) is 60.2 Å². The molecular weight excluding hydrogens is 262 g/mol. The lowest BCUT2D eigenvalue weighted by Crippen LogP contribution is -2.01. The van der Waals surface area contributed by atoms with Crippen LogP contribution < -0.4 is 10.5 Å². The number of nitrogen functional groups attached to an aromatic ring is 1. The fourth-order valence-corrected chi connectivity index (χ4v) is 2.34. The molecule has 0 unspecified atom stereocenters.